The Bertz CT molecular complexity index is 671. The summed E-state index contributed by atoms with van der Waals surface area (Å²) in [4.78, 5) is 23.1. The molecule has 8 heteroatoms. The van der Waals surface area contributed by atoms with Gasteiger partial charge in [0.05, 0.1) is 23.3 Å². The van der Waals surface area contributed by atoms with E-state index in [2.05, 4.69) is 10.6 Å². The van der Waals surface area contributed by atoms with Gasteiger partial charge in [0.25, 0.3) is 5.69 Å². The van der Waals surface area contributed by atoms with E-state index in [1.165, 1.54) is 12.1 Å². The van der Waals surface area contributed by atoms with E-state index in [1.807, 2.05) is 20.8 Å². The molecule has 0 spiro atoms. The third-order valence-corrected chi connectivity index (χ3v) is 4.19. The van der Waals surface area contributed by atoms with Crippen molar-refractivity contribution in [3.8, 4) is 5.75 Å². The smallest absolute Gasteiger partial charge is 0.412 e. The largest absolute Gasteiger partial charge is 0.491 e. The van der Waals surface area contributed by atoms with Crippen LogP contribution >= 0.6 is 0 Å². The molecule has 0 saturated heterocycles. The maximum atomic E-state index is 12.3. The fourth-order valence-corrected chi connectivity index (χ4v) is 2.67. The van der Waals surface area contributed by atoms with Crippen LogP contribution in [0.5, 0.6) is 5.75 Å². The number of nitrogens with one attached hydrogen (secondary N) is 2. The van der Waals surface area contributed by atoms with E-state index in [4.69, 9.17) is 9.47 Å². The van der Waals surface area contributed by atoms with Crippen molar-refractivity contribution in [2.24, 2.45) is 5.92 Å². The highest BCUT2D eigenvalue weighted by molar-refractivity contribution is 5.89. The number of hydrogen-bond donors (Lipinski definition) is 2. The first-order chi connectivity index (χ1) is 12.3. The molecule has 8 nitrogen and oxygen atoms in total. The summed E-state index contributed by atoms with van der Waals surface area (Å²) >= 11 is 0. The molecule has 144 valence electrons. The van der Waals surface area contributed by atoms with Gasteiger partial charge in [0.1, 0.15) is 17.0 Å². The van der Waals surface area contributed by atoms with Crippen LogP contribution in [0.15, 0.2) is 12.1 Å². The number of rotatable bonds is 9. The van der Waals surface area contributed by atoms with Gasteiger partial charge in [-0.15, -0.1) is 0 Å². The quantitative estimate of drug-likeness (QED) is 0.491. The maximum absolute atomic E-state index is 12.3. The van der Waals surface area contributed by atoms with E-state index in [9.17, 15) is 14.9 Å². The van der Waals surface area contributed by atoms with Gasteiger partial charge in [-0.05, 0) is 45.1 Å². The molecule has 1 aromatic rings. The highest BCUT2D eigenvalue weighted by atomic mass is 16.6. The molecular formula is C18H27N3O5. The van der Waals surface area contributed by atoms with Crippen LogP contribution in [0.3, 0.4) is 0 Å². The van der Waals surface area contributed by atoms with Crippen molar-refractivity contribution in [2.75, 3.05) is 24.3 Å². The molecule has 0 radical (unpaired) electrons. The minimum Gasteiger partial charge on any atom is -0.491 e. The number of nitrogens with zero attached hydrogens (tertiary/aromatic N) is 1. The standard InChI is InChI=1S/C18H27N3O5/c1-5-8-18(2,3)26-17(22)20-14-9-13(19-4)15(21(23)24)10-16(14)25-11-12-6-7-12/h9-10,12,19H,5-8,11H2,1-4H3,(H,20,22). The molecule has 1 aliphatic carbocycles. The Morgan fingerprint density at radius 2 is 2.04 bits per heavy atom. The zero-order valence-electron chi connectivity index (χ0n) is 15.8. The van der Waals surface area contributed by atoms with Gasteiger partial charge in [-0.25, -0.2) is 4.79 Å². The van der Waals surface area contributed by atoms with E-state index in [0.29, 0.717) is 18.2 Å². The van der Waals surface area contributed by atoms with Crippen LogP contribution in [-0.2, 0) is 4.74 Å². The zero-order valence-corrected chi connectivity index (χ0v) is 15.8. The van der Waals surface area contributed by atoms with Crippen molar-refractivity contribution < 1.29 is 19.2 Å². The van der Waals surface area contributed by atoms with Gasteiger partial charge in [0.15, 0.2) is 0 Å². The third-order valence-electron chi connectivity index (χ3n) is 4.19. The molecule has 0 aromatic heterocycles. The fourth-order valence-electron chi connectivity index (χ4n) is 2.67. The highest BCUT2D eigenvalue weighted by Crippen LogP contribution is 2.38. The molecule has 1 amide bonds. The second-order valence-corrected chi connectivity index (χ2v) is 7.15. The number of hydrogen-bond acceptors (Lipinski definition) is 6. The number of ether oxygens (including phenoxy) is 2. The van der Waals surface area contributed by atoms with Crippen molar-refractivity contribution in [3.63, 3.8) is 0 Å². The van der Waals surface area contributed by atoms with Gasteiger partial charge in [0.2, 0.25) is 0 Å². The molecule has 2 rings (SSSR count). The topological polar surface area (TPSA) is 103 Å². The Morgan fingerprint density at radius 3 is 2.58 bits per heavy atom. The van der Waals surface area contributed by atoms with Crippen LogP contribution in [0.2, 0.25) is 0 Å². The predicted octanol–water partition coefficient (Wildman–Crippen LogP) is 4.55. The first-order valence-electron chi connectivity index (χ1n) is 8.88. The number of benzene rings is 1. The lowest BCUT2D eigenvalue weighted by Gasteiger charge is -2.25. The molecule has 1 fully saturated rings. The van der Waals surface area contributed by atoms with Gasteiger partial charge < -0.3 is 14.8 Å². The number of carbonyl (C=O) groups excluding carboxylic acids is 1. The van der Waals surface area contributed by atoms with Gasteiger partial charge in [-0.3, -0.25) is 15.4 Å². The lowest BCUT2D eigenvalue weighted by atomic mass is 10.0. The minimum absolute atomic E-state index is 0.108. The lowest BCUT2D eigenvalue weighted by Crippen LogP contribution is -2.30. The monoisotopic (exact) mass is 365 g/mol. The van der Waals surface area contributed by atoms with Crippen LogP contribution in [-0.4, -0.2) is 30.3 Å². The molecule has 0 aliphatic heterocycles. The van der Waals surface area contributed by atoms with Crippen molar-refractivity contribution in [2.45, 2.75) is 52.1 Å². The van der Waals surface area contributed by atoms with E-state index < -0.39 is 16.6 Å². The summed E-state index contributed by atoms with van der Waals surface area (Å²) in [5.41, 5.74) is -0.0705. The average Bonchev–Trinajstić information content (AvgIpc) is 3.36. The second kappa shape index (κ2) is 8.25. The molecular weight excluding hydrogens is 338 g/mol. The second-order valence-electron chi connectivity index (χ2n) is 7.15. The number of amides is 1. The molecule has 1 aliphatic rings. The van der Waals surface area contributed by atoms with Crippen molar-refractivity contribution in [1.29, 1.82) is 0 Å². The van der Waals surface area contributed by atoms with Gasteiger partial charge >= 0.3 is 6.09 Å². The van der Waals surface area contributed by atoms with Crippen molar-refractivity contribution in [1.82, 2.24) is 0 Å². The summed E-state index contributed by atoms with van der Waals surface area (Å²) in [5.74, 6) is 0.745. The van der Waals surface area contributed by atoms with Gasteiger partial charge in [0, 0.05) is 7.05 Å². The fraction of sp³-hybridized carbons (Fsp3) is 0.611. The summed E-state index contributed by atoms with van der Waals surface area (Å²) in [6, 6.07) is 2.83. The van der Waals surface area contributed by atoms with Crippen LogP contribution in [0.25, 0.3) is 0 Å². The molecule has 0 heterocycles. The zero-order chi connectivity index (χ0) is 19.3. The van der Waals surface area contributed by atoms with Crippen LogP contribution in [0, 0.1) is 16.0 Å². The summed E-state index contributed by atoms with van der Waals surface area (Å²) in [7, 11) is 1.58. The first-order valence-corrected chi connectivity index (χ1v) is 8.88. The van der Waals surface area contributed by atoms with Crippen LogP contribution in [0.1, 0.15) is 46.5 Å². The van der Waals surface area contributed by atoms with E-state index in [1.54, 1.807) is 7.05 Å². The van der Waals surface area contributed by atoms with Crippen molar-refractivity contribution >= 4 is 23.2 Å². The van der Waals surface area contributed by atoms with E-state index >= 15 is 0 Å². The Kier molecular flexibility index (Phi) is 6.28. The van der Waals surface area contributed by atoms with Gasteiger partial charge in [-0.2, -0.15) is 0 Å². The number of anilines is 2. The van der Waals surface area contributed by atoms with E-state index in [-0.39, 0.29) is 17.1 Å². The Hall–Kier alpha value is -2.51. The molecule has 1 saturated carbocycles. The van der Waals surface area contributed by atoms with Crippen LogP contribution in [0.4, 0.5) is 21.9 Å². The summed E-state index contributed by atoms with van der Waals surface area (Å²) in [5, 5.41) is 16.7. The number of nitro benzene ring substituents is 1. The Morgan fingerprint density at radius 1 is 1.35 bits per heavy atom. The lowest BCUT2D eigenvalue weighted by molar-refractivity contribution is -0.384. The number of carbonyl (C=O) groups is 1. The maximum Gasteiger partial charge on any atom is 0.412 e. The summed E-state index contributed by atoms with van der Waals surface area (Å²) in [6.45, 7) is 6.17. The van der Waals surface area contributed by atoms with Gasteiger partial charge in [-0.1, -0.05) is 13.3 Å². The normalized spacial score (nSPS) is 13.8. The SMILES string of the molecule is CCCC(C)(C)OC(=O)Nc1cc(NC)c([N+](=O)[O-])cc1OCC1CC1. The summed E-state index contributed by atoms with van der Waals surface area (Å²) < 4.78 is 11.2. The average molecular weight is 365 g/mol. The molecule has 0 atom stereocenters. The molecule has 2 N–H and O–H groups in total. The molecule has 26 heavy (non-hydrogen) atoms. The van der Waals surface area contributed by atoms with Crippen molar-refractivity contribution in [3.05, 3.63) is 22.2 Å². The molecule has 0 bridgehead atoms. The van der Waals surface area contributed by atoms with E-state index in [0.717, 1.165) is 25.7 Å². The van der Waals surface area contributed by atoms with Crippen LogP contribution < -0.4 is 15.4 Å². The summed E-state index contributed by atoms with van der Waals surface area (Å²) in [6.07, 6.45) is 3.18. The minimum atomic E-state index is -0.615. The molecule has 1 aromatic carbocycles. The highest BCUT2D eigenvalue weighted by Gasteiger charge is 2.26. The number of nitro groups is 1. The first kappa shape index (κ1) is 19.8. The predicted molar refractivity (Wildman–Crippen MR) is 100.0 cm³/mol. The Labute approximate surface area is 153 Å². The molecule has 0 unspecified atom stereocenters. The third kappa shape index (κ3) is 5.50. The Balaban J connectivity index is 2.22.